The minimum absolute atomic E-state index is 0.281. The predicted octanol–water partition coefficient (Wildman–Crippen LogP) is 3.00. The molecule has 2 heterocycles. The van der Waals surface area contributed by atoms with Crippen molar-refractivity contribution in [1.82, 2.24) is 15.1 Å². The van der Waals surface area contributed by atoms with Gasteiger partial charge in [-0.2, -0.15) is 0 Å². The van der Waals surface area contributed by atoms with E-state index in [2.05, 4.69) is 15.5 Å². The molecule has 8 nitrogen and oxygen atoms in total. The number of carbonyl (C=O) groups excluding carboxylic acids is 3. The van der Waals surface area contributed by atoms with E-state index in [-0.39, 0.29) is 5.92 Å². The van der Waals surface area contributed by atoms with Crippen LogP contribution in [0.5, 0.6) is 0 Å². The first-order valence-electron chi connectivity index (χ1n) is 9.11. The number of benzene rings is 2. The molecule has 0 radical (unpaired) electrons. The molecule has 0 bridgehead atoms. The van der Waals surface area contributed by atoms with Gasteiger partial charge in [0.25, 0.3) is 11.8 Å². The molecule has 3 amide bonds. The summed E-state index contributed by atoms with van der Waals surface area (Å²) in [5.41, 5.74) is 1.76. The van der Waals surface area contributed by atoms with E-state index in [0.29, 0.717) is 28.3 Å². The monoisotopic (exact) mass is 390 g/mol. The van der Waals surface area contributed by atoms with Gasteiger partial charge in [-0.15, -0.1) is 10.2 Å². The average molecular weight is 390 g/mol. The predicted molar refractivity (Wildman–Crippen MR) is 104 cm³/mol. The van der Waals surface area contributed by atoms with Gasteiger partial charge in [-0.05, 0) is 36.2 Å². The highest BCUT2D eigenvalue weighted by Crippen LogP contribution is 2.28. The fourth-order valence-corrected chi connectivity index (χ4v) is 3.42. The third kappa shape index (κ3) is 3.29. The Hall–Kier alpha value is -3.81. The highest BCUT2D eigenvalue weighted by atomic mass is 16.4. The average Bonchev–Trinajstić information content (AvgIpc) is 3.32. The zero-order valence-electron chi connectivity index (χ0n) is 15.8. The molecule has 1 aromatic heterocycles. The van der Waals surface area contributed by atoms with Gasteiger partial charge in [0.05, 0.1) is 11.1 Å². The second-order valence-corrected chi connectivity index (χ2v) is 7.03. The summed E-state index contributed by atoms with van der Waals surface area (Å²) in [5, 5.41) is 10.3. The molecule has 1 atom stereocenters. The lowest BCUT2D eigenvalue weighted by molar-refractivity contribution is -0.121. The summed E-state index contributed by atoms with van der Waals surface area (Å²) >= 11 is 0. The minimum Gasteiger partial charge on any atom is -0.423 e. The number of anilines is 1. The molecule has 0 fully saturated rings. The molecule has 1 aliphatic heterocycles. The number of nitrogens with one attached hydrogen (secondary N) is 1. The highest BCUT2D eigenvalue weighted by Gasteiger charge is 2.43. The first kappa shape index (κ1) is 18.5. The summed E-state index contributed by atoms with van der Waals surface area (Å²) < 4.78 is 5.18. The quantitative estimate of drug-likeness (QED) is 0.672. The van der Waals surface area contributed by atoms with Crippen molar-refractivity contribution in [3.63, 3.8) is 0 Å². The highest BCUT2D eigenvalue weighted by molar-refractivity contribution is 6.23. The van der Waals surface area contributed by atoms with Crippen LogP contribution >= 0.6 is 0 Å². The van der Waals surface area contributed by atoms with Crippen LogP contribution in [0.4, 0.5) is 5.69 Å². The zero-order valence-corrected chi connectivity index (χ0v) is 15.8. The van der Waals surface area contributed by atoms with Crippen LogP contribution < -0.4 is 5.32 Å². The van der Waals surface area contributed by atoms with Crippen LogP contribution in [0.2, 0.25) is 0 Å². The van der Waals surface area contributed by atoms with Crippen LogP contribution in [-0.2, 0) is 4.79 Å². The number of hydrogen-bond donors (Lipinski definition) is 1. The maximum atomic E-state index is 13.1. The van der Waals surface area contributed by atoms with Crippen molar-refractivity contribution in [1.29, 1.82) is 0 Å². The Kier molecular flexibility index (Phi) is 4.67. The van der Waals surface area contributed by atoms with Crippen molar-refractivity contribution in [2.45, 2.75) is 19.9 Å². The van der Waals surface area contributed by atoms with Gasteiger partial charge in [0, 0.05) is 11.3 Å². The maximum Gasteiger partial charge on any atom is 0.262 e. The van der Waals surface area contributed by atoms with Crippen LogP contribution in [0.15, 0.2) is 59.3 Å². The number of imide groups is 1. The van der Waals surface area contributed by atoms with E-state index >= 15 is 0 Å². The van der Waals surface area contributed by atoms with Gasteiger partial charge in [-0.25, -0.2) is 0 Å². The molecule has 4 rings (SSSR count). The molecule has 0 spiro atoms. The molecule has 1 unspecified atom stereocenters. The standard InChI is InChI=1S/C21H18N4O4/c1-12(2)17(25-20(27)15-8-3-4-9-16(15)21(25)28)18(26)23-14-7-5-6-13(10-14)19-24-22-11-29-19/h3-12,17H,1-2H3,(H,23,26). The summed E-state index contributed by atoms with van der Waals surface area (Å²) in [6, 6.07) is 12.5. The number of carbonyl (C=O) groups is 3. The third-order valence-corrected chi connectivity index (χ3v) is 4.74. The summed E-state index contributed by atoms with van der Waals surface area (Å²) in [4.78, 5) is 39.8. The van der Waals surface area contributed by atoms with Crippen LogP contribution in [-0.4, -0.2) is 38.9 Å². The Balaban J connectivity index is 1.61. The van der Waals surface area contributed by atoms with Gasteiger partial charge in [-0.1, -0.05) is 32.0 Å². The number of nitrogens with zero attached hydrogens (tertiary/aromatic N) is 3. The van der Waals surface area contributed by atoms with Gasteiger partial charge in [0.15, 0.2) is 0 Å². The zero-order chi connectivity index (χ0) is 20.5. The number of fused-ring (bicyclic) bond motifs is 1. The molecule has 8 heteroatoms. The SMILES string of the molecule is CC(C)C(C(=O)Nc1cccc(-c2nnco2)c1)N1C(=O)c2ccccc2C1=O. The van der Waals surface area contributed by atoms with Crippen LogP contribution in [0, 0.1) is 5.92 Å². The van der Waals surface area contributed by atoms with Crippen molar-refractivity contribution < 1.29 is 18.8 Å². The Morgan fingerprint density at radius 1 is 1.03 bits per heavy atom. The Morgan fingerprint density at radius 2 is 1.72 bits per heavy atom. The Bertz CT molecular complexity index is 1060. The molecule has 1 N–H and O–H groups in total. The van der Waals surface area contributed by atoms with Crippen molar-refractivity contribution >= 4 is 23.4 Å². The lowest BCUT2D eigenvalue weighted by Gasteiger charge is -2.28. The maximum absolute atomic E-state index is 13.1. The third-order valence-electron chi connectivity index (χ3n) is 4.74. The van der Waals surface area contributed by atoms with E-state index in [1.807, 2.05) is 0 Å². The van der Waals surface area contributed by atoms with Crippen LogP contribution in [0.3, 0.4) is 0 Å². The van der Waals surface area contributed by atoms with Gasteiger partial charge < -0.3 is 9.73 Å². The molecular formula is C21H18N4O4. The smallest absolute Gasteiger partial charge is 0.262 e. The summed E-state index contributed by atoms with van der Waals surface area (Å²) in [5.74, 6) is -1.33. The molecule has 0 saturated carbocycles. The van der Waals surface area contributed by atoms with E-state index in [4.69, 9.17) is 4.42 Å². The Morgan fingerprint density at radius 3 is 2.31 bits per heavy atom. The molecule has 29 heavy (non-hydrogen) atoms. The number of hydrogen-bond acceptors (Lipinski definition) is 6. The van der Waals surface area contributed by atoms with E-state index in [9.17, 15) is 14.4 Å². The van der Waals surface area contributed by atoms with Gasteiger partial charge in [0.1, 0.15) is 6.04 Å². The summed E-state index contributed by atoms with van der Waals surface area (Å²) in [7, 11) is 0. The van der Waals surface area contributed by atoms with Gasteiger partial charge >= 0.3 is 0 Å². The van der Waals surface area contributed by atoms with E-state index in [0.717, 1.165) is 4.90 Å². The largest absolute Gasteiger partial charge is 0.423 e. The minimum atomic E-state index is -0.950. The van der Waals surface area contributed by atoms with Crippen molar-refractivity contribution in [2.75, 3.05) is 5.32 Å². The van der Waals surface area contributed by atoms with Crippen molar-refractivity contribution in [2.24, 2.45) is 5.92 Å². The van der Waals surface area contributed by atoms with E-state index in [1.54, 1.807) is 62.4 Å². The van der Waals surface area contributed by atoms with E-state index < -0.39 is 23.8 Å². The van der Waals surface area contributed by atoms with Crippen molar-refractivity contribution in [3.8, 4) is 11.5 Å². The molecule has 3 aromatic rings. The molecule has 1 aliphatic rings. The molecule has 0 aliphatic carbocycles. The lowest BCUT2D eigenvalue weighted by atomic mass is 10.0. The topological polar surface area (TPSA) is 105 Å². The van der Waals surface area contributed by atoms with Crippen LogP contribution in [0.1, 0.15) is 34.6 Å². The fraction of sp³-hybridized carbons (Fsp3) is 0.190. The van der Waals surface area contributed by atoms with E-state index in [1.165, 1.54) is 6.39 Å². The molecular weight excluding hydrogens is 372 g/mol. The molecule has 2 aromatic carbocycles. The molecule has 0 saturated heterocycles. The number of aromatic nitrogens is 2. The van der Waals surface area contributed by atoms with Gasteiger partial charge in [0.2, 0.25) is 18.2 Å². The van der Waals surface area contributed by atoms with Crippen LogP contribution in [0.25, 0.3) is 11.5 Å². The summed E-state index contributed by atoms with van der Waals surface area (Å²) in [6.07, 6.45) is 1.22. The first-order chi connectivity index (χ1) is 14.0. The van der Waals surface area contributed by atoms with Crippen molar-refractivity contribution in [3.05, 3.63) is 66.1 Å². The fourth-order valence-electron chi connectivity index (χ4n) is 3.42. The second kappa shape index (κ2) is 7.31. The lowest BCUT2D eigenvalue weighted by Crippen LogP contribution is -2.50. The Labute approximate surface area is 166 Å². The van der Waals surface area contributed by atoms with Gasteiger partial charge in [-0.3, -0.25) is 19.3 Å². The summed E-state index contributed by atoms with van der Waals surface area (Å²) in [6.45, 7) is 3.59. The normalized spacial score (nSPS) is 14.2. The first-order valence-corrected chi connectivity index (χ1v) is 9.11. The second-order valence-electron chi connectivity index (χ2n) is 7.03. The number of rotatable bonds is 5. The number of amides is 3. The molecule has 146 valence electrons.